The summed E-state index contributed by atoms with van der Waals surface area (Å²) in [5, 5.41) is 1.32. The van der Waals surface area contributed by atoms with Gasteiger partial charge in [0, 0.05) is 12.4 Å². The van der Waals surface area contributed by atoms with Crippen LogP contribution in [-0.4, -0.2) is 4.57 Å². The predicted molar refractivity (Wildman–Crippen MR) is 87.5 cm³/mol. The molecule has 0 aliphatic carbocycles. The fourth-order valence-electron chi connectivity index (χ4n) is 2.93. The van der Waals surface area contributed by atoms with Crippen molar-refractivity contribution in [3.8, 4) is 0 Å². The van der Waals surface area contributed by atoms with Crippen LogP contribution in [0.5, 0.6) is 0 Å². The predicted octanol–water partition coefficient (Wildman–Crippen LogP) is 3.11. The van der Waals surface area contributed by atoms with Crippen molar-refractivity contribution in [3.05, 3.63) is 68.6 Å². The number of hydrogen-bond donors (Lipinski definition) is 0. The summed E-state index contributed by atoms with van der Waals surface area (Å²) in [4.78, 5) is 25.3. The van der Waals surface area contributed by atoms with E-state index < -0.39 is 0 Å². The second-order valence-electron chi connectivity index (χ2n) is 5.52. The van der Waals surface area contributed by atoms with Crippen molar-refractivity contribution < 1.29 is 4.42 Å². The molecule has 22 heavy (non-hydrogen) atoms. The molecular formula is C18H13NO3. The van der Waals surface area contributed by atoms with Gasteiger partial charge in [0.1, 0.15) is 11.0 Å². The largest absolute Gasteiger partial charge is 0.455 e. The van der Waals surface area contributed by atoms with Gasteiger partial charge in [-0.3, -0.25) is 9.59 Å². The van der Waals surface area contributed by atoms with Gasteiger partial charge in [-0.1, -0.05) is 23.8 Å². The molecule has 108 valence electrons. The molecule has 4 aromatic rings. The van der Waals surface area contributed by atoms with Gasteiger partial charge in [-0.2, -0.15) is 0 Å². The van der Waals surface area contributed by atoms with Crippen molar-refractivity contribution in [1.29, 1.82) is 0 Å². The van der Waals surface area contributed by atoms with Crippen LogP contribution in [0.25, 0.3) is 32.8 Å². The van der Waals surface area contributed by atoms with Crippen LogP contribution in [0, 0.1) is 6.92 Å². The molecule has 0 fully saturated rings. The Bertz CT molecular complexity index is 1180. The maximum Gasteiger partial charge on any atom is 0.265 e. The summed E-state index contributed by atoms with van der Waals surface area (Å²) < 4.78 is 7.42. The molecule has 4 nitrogen and oxygen atoms in total. The van der Waals surface area contributed by atoms with E-state index in [1.165, 1.54) is 4.57 Å². The van der Waals surface area contributed by atoms with Crippen molar-refractivity contribution >= 4 is 32.8 Å². The Hall–Kier alpha value is -2.88. The molecule has 4 heteroatoms. The number of para-hydroxylation sites is 1. The molecule has 0 aliphatic heterocycles. The van der Waals surface area contributed by atoms with Gasteiger partial charge in [0.05, 0.1) is 10.9 Å². The van der Waals surface area contributed by atoms with E-state index in [1.807, 2.05) is 31.2 Å². The van der Waals surface area contributed by atoms with Gasteiger partial charge in [0.2, 0.25) is 5.43 Å². The Morgan fingerprint density at radius 2 is 1.77 bits per heavy atom. The van der Waals surface area contributed by atoms with Crippen LogP contribution in [0.15, 0.2) is 56.5 Å². The maximum absolute atomic E-state index is 12.7. The molecule has 0 saturated carbocycles. The summed E-state index contributed by atoms with van der Waals surface area (Å²) in [7, 11) is 1.67. The lowest BCUT2D eigenvalue weighted by atomic mass is 10.1. The van der Waals surface area contributed by atoms with Crippen LogP contribution in [0.1, 0.15) is 5.56 Å². The van der Waals surface area contributed by atoms with Gasteiger partial charge in [-0.05, 0) is 31.2 Å². The minimum atomic E-state index is -0.328. The number of hydrogen-bond acceptors (Lipinski definition) is 3. The van der Waals surface area contributed by atoms with Crippen molar-refractivity contribution in [2.75, 3.05) is 0 Å². The first-order valence-corrected chi connectivity index (χ1v) is 7.03. The number of rotatable bonds is 0. The third-order valence-corrected chi connectivity index (χ3v) is 4.07. The quantitative estimate of drug-likeness (QED) is 0.369. The fourth-order valence-corrected chi connectivity index (χ4v) is 2.93. The first-order valence-electron chi connectivity index (χ1n) is 7.03. The first-order chi connectivity index (χ1) is 10.6. The summed E-state index contributed by atoms with van der Waals surface area (Å²) in [6.07, 6.45) is 0. The lowest BCUT2D eigenvalue weighted by molar-refractivity contribution is 0.661. The van der Waals surface area contributed by atoms with E-state index in [0.717, 1.165) is 16.5 Å². The average Bonchev–Trinajstić information content (AvgIpc) is 2.52. The number of benzene rings is 2. The Morgan fingerprint density at radius 1 is 1.00 bits per heavy atom. The summed E-state index contributed by atoms with van der Waals surface area (Å²) in [6, 6.07) is 12.8. The lowest BCUT2D eigenvalue weighted by Crippen LogP contribution is -2.23. The molecule has 0 spiro atoms. The van der Waals surface area contributed by atoms with Gasteiger partial charge in [-0.15, -0.1) is 0 Å². The van der Waals surface area contributed by atoms with Crippen LogP contribution < -0.4 is 11.0 Å². The van der Waals surface area contributed by atoms with Crippen molar-refractivity contribution in [3.63, 3.8) is 0 Å². The lowest BCUT2D eigenvalue weighted by Gasteiger charge is -2.09. The molecular weight excluding hydrogens is 278 g/mol. The molecule has 0 unspecified atom stereocenters. The van der Waals surface area contributed by atoms with Crippen LogP contribution in [0.2, 0.25) is 0 Å². The highest BCUT2D eigenvalue weighted by Crippen LogP contribution is 2.25. The van der Waals surface area contributed by atoms with E-state index >= 15 is 0 Å². The first kappa shape index (κ1) is 12.8. The van der Waals surface area contributed by atoms with Crippen LogP contribution in [0.3, 0.4) is 0 Å². The number of fused-ring (bicyclic) bond motifs is 4. The minimum absolute atomic E-state index is 0.110. The van der Waals surface area contributed by atoms with E-state index in [-0.39, 0.29) is 16.4 Å². The van der Waals surface area contributed by atoms with Crippen LogP contribution in [-0.2, 0) is 7.05 Å². The molecule has 2 aromatic carbocycles. The topological polar surface area (TPSA) is 52.2 Å². The summed E-state index contributed by atoms with van der Waals surface area (Å²) in [6.45, 7) is 1.97. The SMILES string of the molecule is Cc1ccc2c(c1)c1oc3ccccc3c(=O)c1c(=O)n2C. The monoisotopic (exact) mass is 291 g/mol. The Morgan fingerprint density at radius 3 is 2.59 bits per heavy atom. The average molecular weight is 291 g/mol. The molecule has 0 N–H and O–H groups in total. The van der Waals surface area contributed by atoms with E-state index in [0.29, 0.717) is 16.6 Å². The Kier molecular flexibility index (Phi) is 2.51. The van der Waals surface area contributed by atoms with E-state index in [2.05, 4.69) is 0 Å². The molecule has 2 aromatic heterocycles. The summed E-state index contributed by atoms with van der Waals surface area (Å²) in [5.74, 6) is 0. The standard InChI is InChI=1S/C18H13NO3/c1-10-7-8-13-12(9-10)17-15(18(21)19(13)2)16(20)11-5-3-4-6-14(11)22-17/h3-9H,1-2H3. The maximum atomic E-state index is 12.7. The van der Waals surface area contributed by atoms with Gasteiger partial charge in [-0.25, -0.2) is 0 Å². The van der Waals surface area contributed by atoms with E-state index in [1.54, 1.807) is 25.2 Å². The molecule has 0 radical (unpaired) electrons. The van der Waals surface area contributed by atoms with Crippen LogP contribution >= 0.6 is 0 Å². The van der Waals surface area contributed by atoms with Crippen molar-refractivity contribution in [2.45, 2.75) is 6.92 Å². The molecule has 4 rings (SSSR count). The summed E-state index contributed by atoms with van der Waals surface area (Å²) >= 11 is 0. The second kappa shape index (κ2) is 4.31. The fraction of sp³-hybridized carbons (Fsp3) is 0.111. The molecule has 0 amide bonds. The smallest absolute Gasteiger partial charge is 0.265 e. The highest BCUT2D eigenvalue weighted by atomic mass is 16.3. The van der Waals surface area contributed by atoms with Crippen molar-refractivity contribution in [2.24, 2.45) is 7.05 Å². The number of aromatic nitrogens is 1. The van der Waals surface area contributed by atoms with Crippen LogP contribution in [0.4, 0.5) is 0 Å². The zero-order valence-electron chi connectivity index (χ0n) is 12.2. The Labute approximate surface area is 125 Å². The highest BCUT2D eigenvalue weighted by Gasteiger charge is 2.16. The third-order valence-electron chi connectivity index (χ3n) is 4.07. The zero-order chi connectivity index (χ0) is 15.4. The molecule has 0 atom stereocenters. The van der Waals surface area contributed by atoms with Gasteiger partial charge >= 0.3 is 0 Å². The second-order valence-corrected chi connectivity index (χ2v) is 5.52. The number of nitrogens with zero attached hydrogens (tertiary/aromatic N) is 1. The number of aryl methyl sites for hydroxylation is 2. The van der Waals surface area contributed by atoms with E-state index in [4.69, 9.17) is 4.42 Å². The summed E-state index contributed by atoms with van der Waals surface area (Å²) in [5.41, 5.74) is 2.05. The third kappa shape index (κ3) is 1.58. The minimum Gasteiger partial charge on any atom is -0.455 e. The molecule has 0 aliphatic rings. The molecule has 0 saturated heterocycles. The van der Waals surface area contributed by atoms with Gasteiger partial charge < -0.3 is 8.98 Å². The molecule has 0 bridgehead atoms. The zero-order valence-corrected chi connectivity index (χ0v) is 12.2. The number of pyridine rings is 1. The van der Waals surface area contributed by atoms with Gasteiger partial charge in [0.25, 0.3) is 5.56 Å². The normalized spacial score (nSPS) is 11.5. The van der Waals surface area contributed by atoms with Crippen molar-refractivity contribution in [1.82, 2.24) is 4.57 Å². The van der Waals surface area contributed by atoms with E-state index in [9.17, 15) is 9.59 Å². The Balaban J connectivity index is 2.44. The van der Waals surface area contributed by atoms with Gasteiger partial charge in [0.15, 0.2) is 5.58 Å². The highest BCUT2D eigenvalue weighted by molar-refractivity contribution is 6.04. The molecule has 2 heterocycles.